The Morgan fingerprint density at radius 2 is 2.29 bits per heavy atom. The van der Waals surface area contributed by atoms with E-state index < -0.39 is 0 Å². The Balaban J connectivity index is 2.00. The molecular formula is C16H17N5. The zero-order valence-electron chi connectivity index (χ0n) is 12.4. The van der Waals surface area contributed by atoms with Crippen molar-refractivity contribution >= 4 is 11.3 Å². The highest BCUT2D eigenvalue weighted by Crippen LogP contribution is 2.33. The van der Waals surface area contributed by atoms with Gasteiger partial charge in [-0.2, -0.15) is 10.4 Å². The third-order valence-corrected chi connectivity index (χ3v) is 4.01. The van der Waals surface area contributed by atoms with Gasteiger partial charge in [-0.25, -0.2) is 0 Å². The summed E-state index contributed by atoms with van der Waals surface area (Å²) >= 11 is 0. The molecule has 1 aliphatic rings. The second-order valence-corrected chi connectivity index (χ2v) is 5.22. The van der Waals surface area contributed by atoms with E-state index in [-0.39, 0.29) is 0 Å². The summed E-state index contributed by atoms with van der Waals surface area (Å²) in [5, 5.41) is 16.6. The smallest absolute Gasteiger partial charge is 0.0996 e. The van der Waals surface area contributed by atoms with Crippen molar-refractivity contribution in [2.24, 2.45) is 7.05 Å². The van der Waals surface area contributed by atoms with Gasteiger partial charge in [0.1, 0.15) is 0 Å². The summed E-state index contributed by atoms with van der Waals surface area (Å²) < 4.78 is 1.87. The Morgan fingerprint density at radius 1 is 1.48 bits per heavy atom. The van der Waals surface area contributed by atoms with E-state index in [1.165, 1.54) is 5.56 Å². The van der Waals surface area contributed by atoms with E-state index in [4.69, 9.17) is 4.98 Å². The number of aryl methyl sites for hydroxylation is 1. The lowest BCUT2D eigenvalue weighted by atomic mass is 10.0. The van der Waals surface area contributed by atoms with Gasteiger partial charge in [0.05, 0.1) is 23.5 Å². The van der Waals surface area contributed by atoms with Gasteiger partial charge >= 0.3 is 0 Å². The van der Waals surface area contributed by atoms with Crippen molar-refractivity contribution in [2.75, 3.05) is 12.4 Å². The van der Waals surface area contributed by atoms with E-state index in [0.717, 1.165) is 41.2 Å². The minimum Gasteiger partial charge on any atom is -0.387 e. The molecule has 0 aliphatic heterocycles. The molecule has 5 nitrogen and oxygen atoms in total. The van der Waals surface area contributed by atoms with E-state index in [1.807, 2.05) is 37.1 Å². The molecule has 2 aromatic heterocycles. The van der Waals surface area contributed by atoms with Crippen LogP contribution in [0, 0.1) is 18.3 Å². The van der Waals surface area contributed by atoms with Crippen LogP contribution in [0.5, 0.6) is 0 Å². The van der Waals surface area contributed by atoms with Gasteiger partial charge in [-0.1, -0.05) is 6.08 Å². The molecule has 0 fully saturated rings. The zero-order valence-corrected chi connectivity index (χ0v) is 12.4. The molecule has 0 bridgehead atoms. The number of nitriles is 1. The van der Waals surface area contributed by atoms with Crippen molar-refractivity contribution in [3.8, 4) is 6.07 Å². The fraction of sp³-hybridized carbons (Fsp3) is 0.312. The number of allylic oxidation sites excluding steroid dienone is 2. The first kappa shape index (κ1) is 13.4. The third kappa shape index (κ3) is 2.19. The summed E-state index contributed by atoms with van der Waals surface area (Å²) in [6.45, 7) is 2.06. The van der Waals surface area contributed by atoms with Crippen LogP contribution in [0.1, 0.15) is 28.2 Å². The fourth-order valence-corrected chi connectivity index (χ4v) is 2.71. The van der Waals surface area contributed by atoms with Crippen molar-refractivity contribution in [1.82, 2.24) is 14.8 Å². The number of anilines is 1. The summed E-state index contributed by atoms with van der Waals surface area (Å²) in [6, 6.07) is 4.27. The Kier molecular flexibility index (Phi) is 3.22. The standard InChI is InChI=1S/C16H17N5/c1-10-12(9-19-21(10)3)6-13-7-15(18-2)16-11(8-17)4-5-14(16)20-13/h4,7,9H,5-6H2,1-3H3,(H,18,20). The van der Waals surface area contributed by atoms with Gasteiger partial charge in [0.15, 0.2) is 0 Å². The molecular weight excluding hydrogens is 262 g/mol. The normalized spacial score (nSPS) is 12.8. The topological polar surface area (TPSA) is 66.5 Å². The predicted molar refractivity (Wildman–Crippen MR) is 81.8 cm³/mol. The molecule has 1 N–H and O–H groups in total. The van der Waals surface area contributed by atoms with Gasteiger partial charge in [-0.3, -0.25) is 9.67 Å². The molecule has 5 heteroatoms. The first-order chi connectivity index (χ1) is 10.1. The molecule has 0 aromatic carbocycles. The van der Waals surface area contributed by atoms with Crippen LogP contribution >= 0.6 is 0 Å². The van der Waals surface area contributed by atoms with Crippen molar-refractivity contribution in [3.05, 3.63) is 46.5 Å². The summed E-state index contributed by atoms with van der Waals surface area (Å²) in [5.74, 6) is 0. The van der Waals surface area contributed by atoms with E-state index in [0.29, 0.717) is 5.57 Å². The van der Waals surface area contributed by atoms with Crippen molar-refractivity contribution in [1.29, 1.82) is 5.26 Å². The molecule has 21 heavy (non-hydrogen) atoms. The summed E-state index contributed by atoms with van der Waals surface area (Å²) in [7, 11) is 3.82. The molecule has 0 saturated heterocycles. The van der Waals surface area contributed by atoms with Crippen LogP contribution in [0.4, 0.5) is 5.69 Å². The van der Waals surface area contributed by atoms with Crippen molar-refractivity contribution < 1.29 is 0 Å². The lowest BCUT2D eigenvalue weighted by molar-refractivity contribution is 0.738. The second kappa shape index (κ2) is 5.06. The minimum atomic E-state index is 0.714. The van der Waals surface area contributed by atoms with Crippen LogP contribution in [-0.2, 0) is 19.9 Å². The maximum absolute atomic E-state index is 9.19. The molecule has 0 radical (unpaired) electrons. The van der Waals surface area contributed by atoms with Crippen LogP contribution in [0.3, 0.4) is 0 Å². The van der Waals surface area contributed by atoms with Gasteiger partial charge in [-0.05, 0) is 18.6 Å². The van der Waals surface area contributed by atoms with Crippen molar-refractivity contribution in [3.63, 3.8) is 0 Å². The molecule has 0 spiro atoms. The first-order valence-electron chi connectivity index (χ1n) is 6.92. The average Bonchev–Trinajstić information content (AvgIpc) is 3.04. The molecule has 2 aromatic rings. The summed E-state index contributed by atoms with van der Waals surface area (Å²) in [5.41, 5.74) is 6.95. The monoisotopic (exact) mass is 279 g/mol. The van der Waals surface area contributed by atoms with E-state index in [2.05, 4.69) is 23.4 Å². The number of aromatic nitrogens is 3. The first-order valence-corrected chi connectivity index (χ1v) is 6.92. The average molecular weight is 279 g/mol. The fourth-order valence-electron chi connectivity index (χ4n) is 2.71. The number of nitrogens with zero attached hydrogens (tertiary/aromatic N) is 4. The Bertz CT molecular complexity index is 777. The quantitative estimate of drug-likeness (QED) is 0.935. The molecule has 0 atom stereocenters. The maximum Gasteiger partial charge on any atom is 0.0996 e. The van der Waals surface area contributed by atoms with Gasteiger partial charge in [0, 0.05) is 49.6 Å². The Hall–Kier alpha value is -2.61. The molecule has 1 aliphatic carbocycles. The maximum atomic E-state index is 9.19. The number of hydrogen-bond acceptors (Lipinski definition) is 4. The summed E-state index contributed by atoms with van der Waals surface area (Å²) in [4.78, 5) is 4.73. The lowest BCUT2D eigenvalue weighted by Gasteiger charge is -2.11. The van der Waals surface area contributed by atoms with Crippen molar-refractivity contribution in [2.45, 2.75) is 19.8 Å². The van der Waals surface area contributed by atoms with E-state index in [9.17, 15) is 5.26 Å². The van der Waals surface area contributed by atoms with Gasteiger partial charge < -0.3 is 5.32 Å². The third-order valence-electron chi connectivity index (χ3n) is 4.01. The van der Waals surface area contributed by atoms with Gasteiger partial charge in [0.25, 0.3) is 0 Å². The van der Waals surface area contributed by atoms with Crippen LogP contribution in [0.2, 0.25) is 0 Å². The SMILES string of the molecule is CNc1cc(Cc2cnn(C)c2C)nc2c1C(C#N)=CC2. The molecule has 0 unspecified atom stereocenters. The van der Waals surface area contributed by atoms with E-state index >= 15 is 0 Å². The zero-order chi connectivity index (χ0) is 15.0. The Labute approximate surface area is 123 Å². The number of rotatable bonds is 3. The van der Waals surface area contributed by atoms with Gasteiger partial charge in [0.2, 0.25) is 0 Å². The van der Waals surface area contributed by atoms with Crippen LogP contribution in [0.15, 0.2) is 18.3 Å². The predicted octanol–water partition coefficient (Wildman–Crippen LogP) is 2.22. The highest BCUT2D eigenvalue weighted by molar-refractivity contribution is 5.88. The van der Waals surface area contributed by atoms with Crippen LogP contribution in [0.25, 0.3) is 5.57 Å². The Morgan fingerprint density at radius 3 is 2.90 bits per heavy atom. The minimum absolute atomic E-state index is 0.714. The number of hydrogen-bond donors (Lipinski definition) is 1. The van der Waals surface area contributed by atoms with Gasteiger partial charge in [-0.15, -0.1) is 0 Å². The number of pyridine rings is 1. The molecule has 3 rings (SSSR count). The van der Waals surface area contributed by atoms with Crippen LogP contribution in [-0.4, -0.2) is 21.8 Å². The van der Waals surface area contributed by atoms with Crippen LogP contribution < -0.4 is 5.32 Å². The highest BCUT2D eigenvalue weighted by Gasteiger charge is 2.20. The highest BCUT2D eigenvalue weighted by atomic mass is 15.3. The molecule has 2 heterocycles. The second-order valence-electron chi connectivity index (χ2n) is 5.22. The number of nitrogens with one attached hydrogen (secondary N) is 1. The molecule has 0 amide bonds. The molecule has 106 valence electrons. The largest absolute Gasteiger partial charge is 0.387 e. The lowest BCUT2D eigenvalue weighted by Crippen LogP contribution is -2.03. The number of fused-ring (bicyclic) bond motifs is 1. The van der Waals surface area contributed by atoms with E-state index in [1.54, 1.807) is 0 Å². The molecule has 0 saturated carbocycles. The summed E-state index contributed by atoms with van der Waals surface area (Å²) in [6.07, 6.45) is 5.32.